The molecule has 0 radical (unpaired) electrons. The predicted octanol–water partition coefficient (Wildman–Crippen LogP) is 4.16. The highest BCUT2D eigenvalue weighted by Crippen LogP contribution is 2.46. The van der Waals surface area contributed by atoms with Crippen LogP contribution < -0.4 is 5.32 Å². The summed E-state index contributed by atoms with van der Waals surface area (Å²) in [5.74, 6) is 0. The number of hydrogen-bond donors (Lipinski definition) is 1. The molecule has 1 N–H and O–H groups in total. The van der Waals surface area contributed by atoms with Gasteiger partial charge in [-0.3, -0.25) is 0 Å². The van der Waals surface area contributed by atoms with E-state index in [0.717, 1.165) is 38.6 Å². The minimum absolute atomic E-state index is 0.122. The van der Waals surface area contributed by atoms with Crippen LogP contribution in [0.1, 0.15) is 42.4 Å². The lowest BCUT2D eigenvalue weighted by Crippen LogP contribution is -2.46. The number of nitrogens with one attached hydrogen (secondary N) is 1. The molecule has 2 aromatic carbocycles. The fourth-order valence-electron chi connectivity index (χ4n) is 4.34. The van der Waals surface area contributed by atoms with Gasteiger partial charge in [0.2, 0.25) is 0 Å². The van der Waals surface area contributed by atoms with E-state index in [1.54, 1.807) is 7.11 Å². The SMILES string of the molecule is CO[C@H]1Cc2ccccc2C2(CCC(NCc3ccccc3)CC2)O1. The molecule has 3 heteroatoms. The van der Waals surface area contributed by atoms with E-state index in [9.17, 15) is 0 Å². The van der Waals surface area contributed by atoms with Crippen LogP contribution in [0.2, 0.25) is 0 Å². The van der Waals surface area contributed by atoms with E-state index < -0.39 is 0 Å². The minimum Gasteiger partial charge on any atom is -0.356 e. The van der Waals surface area contributed by atoms with Gasteiger partial charge in [0.05, 0.1) is 5.60 Å². The van der Waals surface area contributed by atoms with Gasteiger partial charge in [0, 0.05) is 26.1 Å². The van der Waals surface area contributed by atoms with Crippen molar-refractivity contribution in [2.75, 3.05) is 7.11 Å². The zero-order valence-corrected chi connectivity index (χ0v) is 14.9. The normalized spacial score (nSPS) is 28.7. The van der Waals surface area contributed by atoms with Crippen molar-refractivity contribution in [3.05, 3.63) is 71.3 Å². The van der Waals surface area contributed by atoms with Crippen LogP contribution in [-0.2, 0) is 28.0 Å². The van der Waals surface area contributed by atoms with Crippen molar-refractivity contribution in [1.29, 1.82) is 0 Å². The molecule has 0 saturated heterocycles. The maximum atomic E-state index is 6.45. The lowest BCUT2D eigenvalue weighted by atomic mass is 9.74. The minimum atomic E-state index is -0.166. The second-order valence-corrected chi connectivity index (χ2v) is 7.28. The number of hydrogen-bond acceptors (Lipinski definition) is 3. The summed E-state index contributed by atoms with van der Waals surface area (Å²) in [6.45, 7) is 0.941. The highest BCUT2D eigenvalue weighted by atomic mass is 16.7. The third kappa shape index (κ3) is 3.50. The number of benzene rings is 2. The van der Waals surface area contributed by atoms with Gasteiger partial charge < -0.3 is 14.8 Å². The molecule has 0 bridgehead atoms. The summed E-state index contributed by atoms with van der Waals surface area (Å²) in [4.78, 5) is 0. The molecule has 1 aliphatic carbocycles. The Bertz CT molecular complexity index is 692. The first-order valence-corrected chi connectivity index (χ1v) is 9.35. The lowest BCUT2D eigenvalue weighted by molar-refractivity contribution is -0.224. The molecule has 0 aromatic heterocycles. The second kappa shape index (κ2) is 7.28. The van der Waals surface area contributed by atoms with Gasteiger partial charge in [0.25, 0.3) is 0 Å². The van der Waals surface area contributed by atoms with Gasteiger partial charge in [-0.2, -0.15) is 0 Å². The van der Waals surface area contributed by atoms with E-state index in [4.69, 9.17) is 9.47 Å². The molecule has 1 atom stereocenters. The third-order valence-electron chi connectivity index (χ3n) is 5.75. The number of rotatable bonds is 4. The summed E-state index contributed by atoms with van der Waals surface area (Å²) in [6.07, 6.45) is 5.11. The topological polar surface area (TPSA) is 30.5 Å². The van der Waals surface area contributed by atoms with Gasteiger partial charge in [-0.25, -0.2) is 0 Å². The number of methoxy groups -OCH3 is 1. The van der Waals surface area contributed by atoms with Crippen LogP contribution in [-0.4, -0.2) is 19.4 Å². The van der Waals surface area contributed by atoms with Crippen LogP contribution in [0.4, 0.5) is 0 Å². The monoisotopic (exact) mass is 337 g/mol. The van der Waals surface area contributed by atoms with Crippen molar-refractivity contribution in [2.24, 2.45) is 0 Å². The largest absolute Gasteiger partial charge is 0.356 e. The van der Waals surface area contributed by atoms with E-state index in [-0.39, 0.29) is 11.9 Å². The maximum Gasteiger partial charge on any atom is 0.162 e. The first-order chi connectivity index (χ1) is 12.3. The third-order valence-corrected chi connectivity index (χ3v) is 5.75. The molecule has 1 spiro atoms. The number of fused-ring (bicyclic) bond motifs is 2. The average Bonchev–Trinajstić information content (AvgIpc) is 2.68. The summed E-state index contributed by atoms with van der Waals surface area (Å²) in [5, 5.41) is 3.72. The van der Waals surface area contributed by atoms with Crippen LogP contribution in [0.3, 0.4) is 0 Å². The van der Waals surface area contributed by atoms with Gasteiger partial charge in [-0.05, 0) is 42.4 Å². The standard InChI is InChI=1S/C22H27NO2/c1-24-21-15-18-9-5-6-10-20(18)22(25-21)13-11-19(12-14-22)23-16-17-7-3-2-4-8-17/h2-10,19,21,23H,11-16H2,1H3/t19?,21-,22?/m1/s1. The van der Waals surface area contributed by atoms with Crippen molar-refractivity contribution in [3.63, 3.8) is 0 Å². The Balaban J connectivity index is 1.43. The molecular weight excluding hydrogens is 310 g/mol. The first-order valence-electron chi connectivity index (χ1n) is 9.35. The van der Waals surface area contributed by atoms with E-state index in [0.29, 0.717) is 6.04 Å². The molecule has 1 heterocycles. The van der Waals surface area contributed by atoms with Gasteiger partial charge in [-0.1, -0.05) is 54.6 Å². The van der Waals surface area contributed by atoms with E-state index in [2.05, 4.69) is 59.9 Å². The molecule has 25 heavy (non-hydrogen) atoms. The zero-order chi connectivity index (χ0) is 17.1. The molecular formula is C22H27NO2. The Kier molecular flexibility index (Phi) is 4.89. The summed E-state index contributed by atoms with van der Waals surface area (Å²) >= 11 is 0. The van der Waals surface area contributed by atoms with Gasteiger partial charge in [0.1, 0.15) is 0 Å². The summed E-state index contributed by atoms with van der Waals surface area (Å²) in [7, 11) is 1.75. The van der Waals surface area contributed by atoms with Gasteiger partial charge >= 0.3 is 0 Å². The Labute approximate surface area is 150 Å². The van der Waals surface area contributed by atoms with Crippen LogP contribution >= 0.6 is 0 Å². The van der Waals surface area contributed by atoms with E-state index >= 15 is 0 Å². The fourth-order valence-corrected chi connectivity index (χ4v) is 4.34. The van der Waals surface area contributed by atoms with Crippen LogP contribution in [0, 0.1) is 0 Å². The van der Waals surface area contributed by atoms with Crippen molar-refractivity contribution in [2.45, 2.75) is 56.6 Å². The molecule has 2 aromatic rings. The lowest BCUT2D eigenvalue weighted by Gasteiger charge is -2.46. The fraction of sp³-hybridized carbons (Fsp3) is 0.455. The van der Waals surface area contributed by atoms with Gasteiger partial charge in [0.15, 0.2) is 6.29 Å². The van der Waals surface area contributed by atoms with Crippen molar-refractivity contribution >= 4 is 0 Å². The van der Waals surface area contributed by atoms with Crippen LogP contribution in [0.25, 0.3) is 0 Å². The molecule has 1 saturated carbocycles. The average molecular weight is 337 g/mol. The van der Waals surface area contributed by atoms with Crippen LogP contribution in [0.15, 0.2) is 54.6 Å². The molecule has 0 amide bonds. The Morgan fingerprint density at radius 3 is 2.52 bits per heavy atom. The zero-order valence-electron chi connectivity index (χ0n) is 14.9. The molecule has 132 valence electrons. The Morgan fingerprint density at radius 1 is 1.04 bits per heavy atom. The number of ether oxygens (including phenoxy) is 2. The maximum absolute atomic E-state index is 6.45. The molecule has 1 fully saturated rings. The van der Waals surface area contributed by atoms with Crippen molar-refractivity contribution < 1.29 is 9.47 Å². The Morgan fingerprint density at radius 2 is 1.76 bits per heavy atom. The van der Waals surface area contributed by atoms with Crippen LogP contribution in [0.5, 0.6) is 0 Å². The first kappa shape index (κ1) is 16.8. The molecule has 1 aliphatic heterocycles. The highest BCUT2D eigenvalue weighted by molar-refractivity contribution is 5.35. The predicted molar refractivity (Wildman–Crippen MR) is 99.2 cm³/mol. The summed E-state index contributed by atoms with van der Waals surface area (Å²) in [6, 6.07) is 19.9. The summed E-state index contributed by atoms with van der Waals surface area (Å²) in [5.41, 5.74) is 3.95. The molecule has 0 unspecified atom stereocenters. The smallest absolute Gasteiger partial charge is 0.162 e. The highest BCUT2D eigenvalue weighted by Gasteiger charge is 2.43. The quantitative estimate of drug-likeness (QED) is 0.909. The summed E-state index contributed by atoms with van der Waals surface area (Å²) < 4.78 is 12.0. The molecule has 3 nitrogen and oxygen atoms in total. The Hall–Kier alpha value is -1.68. The second-order valence-electron chi connectivity index (χ2n) is 7.28. The van der Waals surface area contributed by atoms with E-state index in [1.807, 2.05) is 0 Å². The molecule has 2 aliphatic rings. The van der Waals surface area contributed by atoms with E-state index in [1.165, 1.54) is 16.7 Å². The van der Waals surface area contributed by atoms with Gasteiger partial charge in [-0.15, -0.1) is 0 Å². The van der Waals surface area contributed by atoms with Crippen molar-refractivity contribution in [1.82, 2.24) is 5.32 Å². The van der Waals surface area contributed by atoms with Crippen molar-refractivity contribution in [3.8, 4) is 0 Å². The molecule has 4 rings (SSSR count).